The first-order valence-corrected chi connectivity index (χ1v) is 4.28. The Labute approximate surface area is 75.6 Å². The maximum Gasteiger partial charge on any atom is 0.126 e. The van der Waals surface area contributed by atoms with Gasteiger partial charge in [0.15, 0.2) is 0 Å². The van der Waals surface area contributed by atoms with Crippen LogP contribution in [0.15, 0.2) is 18.2 Å². The lowest BCUT2D eigenvalue weighted by Crippen LogP contribution is -2.21. The Morgan fingerprint density at radius 1 is 1.31 bits per heavy atom. The minimum Gasteiger partial charge on any atom is -0.321 e. The molecule has 2 unspecified atom stereocenters. The molecule has 1 aromatic carbocycles. The lowest BCUT2D eigenvalue weighted by molar-refractivity contribution is 0.566. The highest BCUT2D eigenvalue weighted by Gasteiger charge is 2.49. The van der Waals surface area contributed by atoms with Gasteiger partial charge in [-0.05, 0) is 30.0 Å². The largest absolute Gasteiger partial charge is 0.321 e. The van der Waals surface area contributed by atoms with Gasteiger partial charge in [-0.25, -0.2) is 8.78 Å². The average Bonchev–Trinajstić information content (AvgIpc) is 2.59. The zero-order chi connectivity index (χ0) is 9.64. The molecule has 0 saturated heterocycles. The van der Waals surface area contributed by atoms with E-state index < -0.39 is 17.2 Å². The summed E-state index contributed by atoms with van der Waals surface area (Å²) in [7, 11) is 0. The van der Waals surface area contributed by atoms with Crippen molar-refractivity contribution in [1.29, 1.82) is 0 Å². The molecule has 0 aliphatic heterocycles. The van der Waals surface area contributed by atoms with Gasteiger partial charge in [-0.1, -0.05) is 6.92 Å². The van der Waals surface area contributed by atoms with E-state index in [2.05, 4.69) is 0 Å². The van der Waals surface area contributed by atoms with Gasteiger partial charge in [0.2, 0.25) is 0 Å². The van der Waals surface area contributed by atoms with Crippen LogP contribution in [0.5, 0.6) is 0 Å². The Balaban J connectivity index is 2.42. The summed E-state index contributed by atoms with van der Waals surface area (Å²) < 4.78 is 25.6. The molecule has 0 aromatic heterocycles. The van der Waals surface area contributed by atoms with Crippen molar-refractivity contribution in [1.82, 2.24) is 0 Å². The molecule has 13 heavy (non-hydrogen) atoms. The predicted octanol–water partition coefficient (Wildman–Crippen LogP) is 2.16. The Morgan fingerprint density at radius 3 is 2.15 bits per heavy atom. The van der Waals surface area contributed by atoms with Crippen LogP contribution in [0.4, 0.5) is 8.78 Å². The van der Waals surface area contributed by atoms with E-state index in [0.717, 1.165) is 12.5 Å². The molecule has 0 amide bonds. The summed E-state index contributed by atoms with van der Waals surface area (Å²) in [6, 6.07) is 3.49. The van der Waals surface area contributed by atoms with Gasteiger partial charge < -0.3 is 5.73 Å². The van der Waals surface area contributed by atoms with Crippen molar-refractivity contribution in [3.63, 3.8) is 0 Å². The van der Waals surface area contributed by atoms with E-state index in [-0.39, 0.29) is 0 Å². The fourth-order valence-corrected chi connectivity index (χ4v) is 1.67. The zero-order valence-corrected chi connectivity index (χ0v) is 7.35. The molecule has 0 spiro atoms. The molecule has 0 heterocycles. The molecule has 1 aromatic rings. The normalized spacial score (nSPS) is 31.8. The van der Waals surface area contributed by atoms with Gasteiger partial charge in [0.05, 0.1) is 0 Å². The third-order valence-corrected chi connectivity index (χ3v) is 2.76. The Morgan fingerprint density at radius 2 is 1.77 bits per heavy atom. The van der Waals surface area contributed by atoms with E-state index in [0.29, 0.717) is 11.5 Å². The number of hydrogen-bond donors (Lipinski definition) is 1. The molecule has 1 saturated carbocycles. The molecule has 3 heteroatoms. The molecular weight excluding hydrogens is 172 g/mol. The van der Waals surface area contributed by atoms with Gasteiger partial charge >= 0.3 is 0 Å². The second-order valence-corrected chi connectivity index (χ2v) is 3.80. The van der Waals surface area contributed by atoms with E-state index in [1.165, 1.54) is 12.1 Å². The highest BCUT2D eigenvalue weighted by molar-refractivity contribution is 5.32. The van der Waals surface area contributed by atoms with Crippen LogP contribution >= 0.6 is 0 Å². The molecule has 2 N–H and O–H groups in total. The van der Waals surface area contributed by atoms with Crippen LogP contribution in [0.2, 0.25) is 0 Å². The van der Waals surface area contributed by atoms with Crippen LogP contribution in [0.1, 0.15) is 18.9 Å². The number of hydrogen-bond acceptors (Lipinski definition) is 1. The van der Waals surface area contributed by atoms with Gasteiger partial charge in [-0.3, -0.25) is 0 Å². The summed E-state index contributed by atoms with van der Waals surface area (Å²) >= 11 is 0. The Kier molecular flexibility index (Phi) is 1.67. The standard InChI is InChI=1S/C10H11F2N/c1-6-5-10(6,13)7-2-8(11)4-9(12)3-7/h2-4,6H,5,13H2,1H3. The topological polar surface area (TPSA) is 26.0 Å². The number of rotatable bonds is 1. The Bertz CT molecular complexity index is 331. The van der Waals surface area contributed by atoms with Crippen molar-refractivity contribution in [3.05, 3.63) is 35.4 Å². The summed E-state index contributed by atoms with van der Waals surface area (Å²) in [6.07, 6.45) is 0.801. The monoisotopic (exact) mass is 183 g/mol. The van der Waals surface area contributed by atoms with E-state index in [1.54, 1.807) is 0 Å². The fourth-order valence-electron chi connectivity index (χ4n) is 1.67. The van der Waals surface area contributed by atoms with Crippen molar-refractivity contribution in [2.45, 2.75) is 18.9 Å². The zero-order valence-electron chi connectivity index (χ0n) is 7.35. The minimum absolute atomic E-state index is 0.314. The van der Waals surface area contributed by atoms with Gasteiger partial charge in [-0.15, -0.1) is 0 Å². The van der Waals surface area contributed by atoms with Crippen molar-refractivity contribution < 1.29 is 8.78 Å². The predicted molar refractivity (Wildman–Crippen MR) is 46.0 cm³/mol. The first kappa shape index (κ1) is 8.63. The lowest BCUT2D eigenvalue weighted by Gasteiger charge is -2.10. The quantitative estimate of drug-likeness (QED) is 0.709. The van der Waals surface area contributed by atoms with Crippen molar-refractivity contribution in [2.75, 3.05) is 0 Å². The summed E-state index contributed by atoms with van der Waals surface area (Å²) in [5.41, 5.74) is 5.99. The van der Waals surface area contributed by atoms with Crippen LogP contribution in [-0.2, 0) is 5.54 Å². The second-order valence-electron chi connectivity index (χ2n) is 3.80. The maximum atomic E-state index is 12.8. The van der Waals surface area contributed by atoms with E-state index in [4.69, 9.17) is 5.73 Å². The molecule has 1 nitrogen and oxygen atoms in total. The molecule has 0 radical (unpaired) electrons. The highest BCUT2D eigenvalue weighted by atomic mass is 19.1. The molecule has 1 aliphatic carbocycles. The summed E-state index contributed by atoms with van der Waals surface area (Å²) in [4.78, 5) is 0. The minimum atomic E-state index is -0.557. The van der Waals surface area contributed by atoms with E-state index in [9.17, 15) is 8.78 Å². The number of halogens is 2. The van der Waals surface area contributed by atoms with Crippen LogP contribution in [0, 0.1) is 17.6 Å². The van der Waals surface area contributed by atoms with Crippen LogP contribution in [0.3, 0.4) is 0 Å². The molecule has 2 rings (SSSR count). The molecular formula is C10H11F2N. The first-order chi connectivity index (χ1) is 6.02. The number of nitrogens with two attached hydrogens (primary N) is 1. The molecule has 0 bridgehead atoms. The highest BCUT2D eigenvalue weighted by Crippen LogP contribution is 2.49. The van der Waals surface area contributed by atoms with E-state index >= 15 is 0 Å². The van der Waals surface area contributed by atoms with Crippen LogP contribution < -0.4 is 5.73 Å². The Hall–Kier alpha value is -0.960. The van der Waals surface area contributed by atoms with Gasteiger partial charge in [0.25, 0.3) is 0 Å². The summed E-state index contributed by atoms with van der Waals surface area (Å²) in [5, 5.41) is 0. The van der Waals surface area contributed by atoms with Crippen molar-refractivity contribution in [3.8, 4) is 0 Å². The molecule has 1 fully saturated rings. The smallest absolute Gasteiger partial charge is 0.126 e. The first-order valence-electron chi connectivity index (χ1n) is 4.28. The fraction of sp³-hybridized carbons (Fsp3) is 0.400. The average molecular weight is 183 g/mol. The third kappa shape index (κ3) is 1.33. The molecule has 2 atom stereocenters. The molecule has 70 valence electrons. The van der Waals surface area contributed by atoms with Gasteiger partial charge in [0, 0.05) is 11.6 Å². The van der Waals surface area contributed by atoms with Crippen LogP contribution in [0.25, 0.3) is 0 Å². The van der Waals surface area contributed by atoms with Crippen molar-refractivity contribution >= 4 is 0 Å². The van der Waals surface area contributed by atoms with Gasteiger partial charge in [-0.2, -0.15) is 0 Å². The maximum absolute atomic E-state index is 12.8. The lowest BCUT2D eigenvalue weighted by atomic mass is 10.0. The SMILES string of the molecule is CC1CC1(N)c1cc(F)cc(F)c1. The van der Waals surface area contributed by atoms with Crippen LogP contribution in [-0.4, -0.2) is 0 Å². The number of benzene rings is 1. The van der Waals surface area contributed by atoms with Gasteiger partial charge in [0.1, 0.15) is 11.6 Å². The van der Waals surface area contributed by atoms with Crippen molar-refractivity contribution in [2.24, 2.45) is 11.7 Å². The summed E-state index contributed by atoms with van der Waals surface area (Å²) in [5.74, 6) is -0.799. The second kappa shape index (κ2) is 2.51. The molecule has 1 aliphatic rings. The van der Waals surface area contributed by atoms with E-state index in [1.807, 2.05) is 6.92 Å². The summed E-state index contributed by atoms with van der Waals surface area (Å²) in [6.45, 7) is 1.98. The third-order valence-electron chi connectivity index (χ3n) is 2.76.